The van der Waals surface area contributed by atoms with E-state index in [2.05, 4.69) is 21.7 Å². The Hall–Kier alpha value is -1.36. The van der Waals surface area contributed by atoms with Gasteiger partial charge in [0, 0.05) is 28.7 Å². The number of nitrogens with one attached hydrogen (secondary N) is 1. The summed E-state index contributed by atoms with van der Waals surface area (Å²) in [6.45, 7) is 3.75. The minimum absolute atomic E-state index is 0.0241. The Morgan fingerprint density at radius 3 is 2.86 bits per heavy atom. The fraction of sp³-hybridized carbons (Fsp3) is 0.312. The number of thiophene rings is 1. The number of benzene rings is 1. The Balaban J connectivity index is 1.64. The van der Waals surface area contributed by atoms with Crippen LogP contribution in [0.3, 0.4) is 0 Å². The molecule has 1 aliphatic heterocycles. The number of halogens is 1. The molecule has 1 N–H and O–H groups in total. The molecule has 1 atom stereocenters. The number of carbonyl (C=O) groups excluding carboxylic acids is 1. The Kier molecular flexibility index (Phi) is 4.29. The van der Waals surface area contributed by atoms with Crippen LogP contribution in [0.25, 0.3) is 0 Å². The summed E-state index contributed by atoms with van der Waals surface area (Å²) in [5, 5.41) is 5.75. The third-order valence-corrected chi connectivity index (χ3v) is 5.15. The molecule has 0 saturated carbocycles. The summed E-state index contributed by atoms with van der Waals surface area (Å²) in [6.07, 6.45) is 1.03. The van der Waals surface area contributed by atoms with Gasteiger partial charge in [0.05, 0.1) is 6.04 Å². The smallest absolute Gasteiger partial charge is 0.241 e. The Morgan fingerprint density at radius 2 is 2.10 bits per heavy atom. The number of anilines is 1. The highest BCUT2D eigenvalue weighted by atomic mass is 35.5. The van der Waals surface area contributed by atoms with Gasteiger partial charge in [-0.15, -0.1) is 11.3 Å². The van der Waals surface area contributed by atoms with Crippen molar-refractivity contribution >= 4 is 34.5 Å². The van der Waals surface area contributed by atoms with Crippen molar-refractivity contribution in [3.8, 4) is 0 Å². The zero-order valence-electron chi connectivity index (χ0n) is 11.8. The van der Waals surface area contributed by atoms with Crippen LogP contribution < -0.4 is 5.32 Å². The van der Waals surface area contributed by atoms with E-state index < -0.39 is 0 Å². The third kappa shape index (κ3) is 3.28. The highest BCUT2D eigenvalue weighted by Gasteiger charge is 2.25. The molecule has 0 saturated heterocycles. The van der Waals surface area contributed by atoms with E-state index in [1.807, 2.05) is 30.4 Å². The molecule has 0 aliphatic carbocycles. The topological polar surface area (TPSA) is 32.3 Å². The minimum Gasteiger partial charge on any atom is -0.325 e. The van der Waals surface area contributed by atoms with Crippen molar-refractivity contribution in [2.24, 2.45) is 0 Å². The van der Waals surface area contributed by atoms with Gasteiger partial charge in [0.25, 0.3) is 0 Å². The Bertz CT molecular complexity index is 638. The molecule has 2 heterocycles. The van der Waals surface area contributed by atoms with Gasteiger partial charge >= 0.3 is 0 Å². The molecule has 110 valence electrons. The molecule has 3 rings (SSSR count). The van der Waals surface area contributed by atoms with Crippen LogP contribution >= 0.6 is 22.9 Å². The number of hydrogen-bond acceptors (Lipinski definition) is 3. The highest BCUT2D eigenvalue weighted by molar-refractivity contribution is 7.10. The monoisotopic (exact) mass is 320 g/mol. The van der Waals surface area contributed by atoms with Gasteiger partial charge in [-0.2, -0.15) is 0 Å². The lowest BCUT2D eigenvalue weighted by Crippen LogP contribution is -2.44. The molecule has 0 unspecified atom stereocenters. The number of hydrogen-bond donors (Lipinski definition) is 1. The first kappa shape index (κ1) is 14.6. The number of amides is 1. The molecular weight excluding hydrogens is 304 g/mol. The lowest BCUT2D eigenvalue weighted by Gasteiger charge is -2.31. The van der Waals surface area contributed by atoms with Gasteiger partial charge < -0.3 is 5.32 Å². The zero-order chi connectivity index (χ0) is 14.8. The largest absolute Gasteiger partial charge is 0.325 e. The summed E-state index contributed by atoms with van der Waals surface area (Å²) in [5.41, 5.74) is 2.14. The summed E-state index contributed by atoms with van der Waals surface area (Å²) < 4.78 is 0. The Labute approximate surface area is 133 Å². The zero-order valence-corrected chi connectivity index (χ0v) is 13.4. The van der Waals surface area contributed by atoms with Crippen molar-refractivity contribution in [3.05, 3.63) is 51.2 Å². The molecule has 0 radical (unpaired) electrons. The standard InChI is InChI=1S/C16H17ClN2OS/c1-11(16(20)18-14-4-2-13(17)3-5-14)19-8-6-15-12(10-19)7-9-21-15/h2-5,7,9,11H,6,8,10H2,1H3,(H,18,20)/t11-/m0/s1. The van der Waals surface area contributed by atoms with E-state index in [4.69, 9.17) is 11.6 Å². The van der Waals surface area contributed by atoms with E-state index in [-0.39, 0.29) is 11.9 Å². The third-order valence-electron chi connectivity index (χ3n) is 3.88. The summed E-state index contributed by atoms with van der Waals surface area (Å²) in [4.78, 5) is 16.0. The van der Waals surface area contributed by atoms with E-state index in [9.17, 15) is 4.79 Å². The molecule has 1 aliphatic rings. The predicted octanol–water partition coefficient (Wildman–Crippen LogP) is 3.79. The van der Waals surface area contributed by atoms with Crippen LogP contribution in [0.1, 0.15) is 17.4 Å². The van der Waals surface area contributed by atoms with Crippen molar-refractivity contribution in [2.45, 2.75) is 25.9 Å². The van der Waals surface area contributed by atoms with E-state index in [1.165, 1.54) is 10.4 Å². The van der Waals surface area contributed by atoms with Crippen molar-refractivity contribution in [2.75, 3.05) is 11.9 Å². The van der Waals surface area contributed by atoms with Crippen molar-refractivity contribution in [1.29, 1.82) is 0 Å². The van der Waals surface area contributed by atoms with E-state index in [1.54, 1.807) is 12.1 Å². The van der Waals surface area contributed by atoms with E-state index in [0.29, 0.717) is 5.02 Å². The van der Waals surface area contributed by atoms with Gasteiger partial charge in [0.2, 0.25) is 5.91 Å². The molecule has 1 aromatic heterocycles. The van der Waals surface area contributed by atoms with Gasteiger partial charge in [-0.05, 0) is 54.6 Å². The van der Waals surface area contributed by atoms with Gasteiger partial charge in [-0.1, -0.05) is 11.6 Å². The van der Waals surface area contributed by atoms with Crippen molar-refractivity contribution in [3.63, 3.8) is 0 Å². The minimum atomic E-state index is -0.145. The predicted molar refractivity (Wildman–Crippen MR) is 88.0 cm³/mol. The van der Waals surface area contributed by atoms with Gasteiger partial charge in [-0.25, -0.2) is 0 Å². The molecule has 2 aromatic rings. The first-order chi connectivity index (χ1) is 10.1. The second kappa shape index (κ2) is 6.18. The number of nitrogens with zero attached hydrogens (tertiary/aromatic N) is 1. The SMILES string of the molecule is C[C@@H](C(=O)Nc1ccc(Cl)cc1)N1CCc2sccc2C1. The lowest BCUT2D eigenvalue weighted by molar-refractivity contribution is -0.121. The quantitative estimate of drug-likeness (QED) is 0.933. The number of rotatable bonds is 3. The number of fused-ring (bicyclic) bond motifs is 1. The summed E-state index contributed by atoms with van der Waals surface area (Å²) in [6, 6.07) is 9.21. The van der Waals surface area contributed by atoms with Crippen LogP contribution in [0.2, 0.25) is 5.02 Å². The lowest BCUT2D eigenvalue weighted by atomic mass is 10.1. The average Bonchev–Trinajstić information content (AvgIpc) is 2.96. The normalized spacial score (nSPS) is 16.3. The summed E-state index contributed by atoms with van der Waals surface area (Å²) >= 11 is 7.66. The van der Waals surface area contributed by atoms with E-state index >= 15 is 0 Å². The fourth-order valence-electron chi connectivity index (χ4n) is 2.55. The molecule has 0 fully saturated rings. The first-order valence-electron chi connectivity index (χ1n) is 6.99. The maximum absolute atomic E-state index is 12.4. The molecule has 0 bridgehead atoms. The van der Waals surface area contributed by atoms with Crippen LogP contribution in [-0.4, -0.2) is 23.4 Å². The van der Waals surface area contributed by atoms with Gasteiger partial charge in [-0.3, -0.25) is 9.69 Å². The molecule has 0 spiro atoms. The number of carbonyl (C=O) groups is 1. The van der Waals surface area contributed by atoms with Crippen LogP contribution in [0.4, 0.5) is 5.69 Å². The summed E-state index contributed by atoms with van der Waals surface area (Å²) in [7, 11) is 0. The summed E-state index contributed by atoms with van der Waals surface area (Å²) in [5.74, 6) is 0.0241. The molecule has 1 amide bonds. The Morgan fingerprint density at radius 1 is 1.33 bits per heavy atom. The van der Waals surface area contributed by atoms with Crippen LogP contribution in [0, 0.1) is 0 Å². The molecule has 1 aromatic carbocycles. The van der Waals surface area contributed by atoms with Crippen LogP contribution in [0.5, 0.6) is 0 Å². The fourth-order valence-corrected chi connectivity index (χ4v) is 3.56. The first-order valence-corrected chi connectivity index (χ1v) is 8.25. The molecular formula is C16H17ClN2OS. The van der Waals surface area contributed by atoms with Gasteiger partial charge in [0.15, 0.2) is 0 Å². The van der Waals surface area contributed by atoms with Crippen LogP contribution in [-0.2, 0) is 17.8 Å². The van der Waals surface area contributed by atoms with Crippen LogP contribution in [0.15, 0.2) is 35.7 Å². The second-order valence-corrected chi connectivity index (χ2v) is 6.70. The molecule has 3 nitrogen and oxygen atoms in total. The average molecular weight is 321 g/mol. The van der Waals surface area contributed by atoms with Crippen molar-refractivity contribution in [1.82, 2.24) is 4.90 Å². The highest BCUT2D eigenvalue weighted by Crippen LogP contribution is 2.25. The molecule has 21 heavy (non-hydrogen) atoms. The maximum atomic E-state index is 12.4. The van der Waals surface area contributed by atoms with E-state index in [0.717, 1.165) is 25.2 Å². The second-order valence-electron chi connectivity index (χ2n) is 5.26. The van der Waals surface area contributed by atoms with Gasteiger partial charge in [0.1, 0.15) is 0 Å². The van der Waals surface area contributed by atoms with Crippen molar-refractivity contribution < 1.29 is 4.79 Å². The maximum Gasteiger partial charge on any atom is 0.241 e. The molecule has 5 heteroatoms.